The van der Waals surface area contributed by atoms with Crippen LogP contribution in [0.1, 0.15) is 24.0 Å². The highest BCUT2D eigenvalue weighted by Gasteiger charge is 2.39. The Bertz CT molecular complexity index is 399. The molecular formula is C13H16ClNO. The Labute approximate surface area is 101 Å². The molecule has 1 heterocycles. The van der Waals surface area contributed by atoms with Gasteiger partial charge in [0, 0.05) is 18.1 Å². The first-order valence-electron chi connectivity index (χ1n) is 5.94. The fourth-order valence-electron chi connectivity index (χ4n) is 2.92. The number of fused-ring (bicyclic) bond motifs is 2. The van der Waals surface area contributed by atoms with Crippen LogP contribution in [0.25, 0.3) is 0 Å². The molecule has 0 saturated carbocycles. The Morgan fingerprint density at radius 1 is 1.38 bits per heavy atom. The summed E-state index contributed by atoms with van der Waals surface area (Å²) in [5.41, 5.74) is 2.48. The van der Waals surface area contributed by atoms with Crippen molar-refractivity contribution in [3.8, 4) is 0 Å². The third-order valence-corrected chi connectivity index (χ3v) is 4.04. The normalized spacial score (nSPS) is 29.1. The second kappa shape index (κ2) is 4.02. The number of benzene rings is 1. The predicted octanol–water partition coefficient (Wildman–Crippen LogP) is 2.49. The Kier molecular flexibility index (Phi) is 2.66. The van der Waals surface area contributed by atoms with Crippen molar-refractivity contribution >= 4 is 11.6 Å². The van der Waals surface area contributed by atoms with E-state index < -0.39 is 0 Å². The average molecular weight is 238 g/mol. The highest BCUT2D eigenvalue weighted by atomic mass is 35.5. The van der Waals surface area contributed by atoms with E-state index in [1.165, 1.54) is 17.5 Å². The Morgan fingerprint density at radius 2 is 2.31 bits per heavy atom. The van der Waals surface area contributed by atoms with Crippen molar-refractivity contribution in [3.05, 3.63) is 34.3 Å². The van der Waals surface area contributed by atoms with E-state index in [1.807, 2.05) is 12.1 Å². The lowest BCUT2D eigenvalue weighted by atomic mass is 9.78. The maximum atomic E-state index is 6.27. The first kappa shape index (κ1) is 10.6. The van der Waals surface area contributed by atoms with E-state index >= 15 is 0 Å². The van der Waals surface area contributed by atoms with E-state index in [2.05, 4.69) is 11.4 Å². The third kappa shape index (κ3) is 1.56. The van der Waals surface area contributed by atoms with Crippen molar-refractivity contribution in [1.82, 2.24) is 5.32 Å². The van der Waals surface area contributed by atoms with Crippen LogP contribution in [0.15, 0.2) is 18.2 Å². The quantitative estimate of drug-likeness (QED) is 0.749. The molecule has 1 fully saturated rings. The Hall–Kier alpha value is -0.570. The van der Waals surface area contributed by atoms with Crippen LogP contribution in [-0.2, 0) is 16.8 Å². The van der Waals surface area contributed by atoms with Crippen LogP contribution in [0.3, 0.4) is 0 Å². The van der Waals surface area contributed by atoms with Crippen LogP contribution in [0, 0.1) is 0 Å². The lowest BCUT2D eigenvalue weighted by Gasteiger charge is -2.42. The first-order chi connectivity index (χ1) is 7.82. The largest absolute Gasteiger partial charge is 0.368 e. The van der Waals surface area contributed by atoms with E-state index in [0.717, 1.165) is 37.6 Å². The molecule has 1 unspecified atom stereocenters. The summed E-state index contributed by atoms with van der Waals surface area (Å²) in [7, 11) is 0. The van der Waals surface area contributed by atoms with Crippen molar-refractivity contribution in [2.45, 2.75) is 24.9 Å². The molecule has 1 atom stereocenters. The van der Waals surface area contributed by atoms with Crippen LogP contribution >= 0.6 is 11.6 Å². The molecular weight excluding hydrogens is 222 g/mol. The smallest absolute Gasteiger partial charge is 0.106 e. The SMILES string of the molecule is Clc1cccc2c1CCCC21CNCCO1. The van der Waals surface area contributed by atoms with Crippen LogP contribution in [0.4, 0.5) is 0 Å². The van der Waals surface area contributed by atoms with Gasteiger partial charge < -0.3 is 10.1 Å². The lowest BCUT2D eigenvalue weighted by molar-refractivity contribution is -0.0819. The molecule has 1 saturated heterocycles. The van der Waals surface area contributed by atoms with Crippen molar-refractivity contribution in [2.75, 3.05) is 19.7 Å². The van der Waals surface area contributed by atoms with Gasteiger partial charge in [-0.2, -0.15) is 0 Å². The van der Waals surface area contributed by atoms with Crippen LogP contribution in [0.2, 0.25) is 5.02 Å². The molecule has 1 aliphatic heterocycles. The molecule has 0 radical (unpaired) electrons. The molecule has 0 bridgehead atoms. The molecule has 1 spiro atoms. The van der Waals surface area contributed by atoms with Gasteiger partial charge in [0.25, 0.3) is 0 Å². The van der Waals surface area contributed by atoms with E-state index in [0.29, 0.717) is 0 Å². The zero-order chi connectivity index (χ0) is 11.0. The number of hydrogen-bond acceptors (Lipinski definition) is 2. The maximum absolute atomic E-state index is 6.27. The van der Waals surface area contributed by atoms with E-state index in [9.17, 15) is 0 Å². The zero-order valence-electron chi connectivity index (χ0n) is 9.26. The van der Waals surface area contributed by atoms with Gasteiger partial charge in [0.15, 0.2) is 0 Å². The molecule has 1 aromatic carbocycles. The molecule has 1 N–H and O–H groups in total. The summed E-state index contributed by atoms with van der Waals surface area (Å²) in [5.74, 6) is 0. The molecule has 3 rings (SSSR count). The third-order valence-electron chi connectivity index (χ3n) is 3.68. The first-order valence-corrected chi connectivity index (χ1v) is 6.32. The predicted molar refractivity (Wildman–Crippen MR) is 64.9 cm³/mol. The van der Waals surface area contributed by atoms with Crippen molar-refractivity contribution in [1.29, 1.82) is 0 Å². The van der Waals surface area contributed by atoms with Crippen LogP contribution < -0.4 is 5.32 Å². The van der Waals surface area contributed by atoms with E-state index in [-0.39, 0.29) is 5.60 Å². The second-order valence-corrected chi connectivity index (χ2v) is 5.05. The maximum Gasteiger partial charge on any atom is 0.106 e. The minimum atomic E-state index is -0.114. The summed E-state index contributed by atoms with van der Waals surface area (Å²) >= 11 is 6.27. The Balaban J connectivity index is 2.08. The summed E-state index contributed by atoms with van der Waals surface area (Å²) in [6.45, 7) is 2.67. The molecule has 3 heteroatoms. The van der Waals surface area contributed by atoms with Crippen LogP contribution in [-0.4, -0.2) is 19.7 Å². The molecule has 1 aromatic rings. The van der Waals surface area contributed by atoms with Crippen molar-refractivity contribution in [3.63, 3.8) is 0 Å². The Morgan fingerprint density at radius 3 is 3.12 bits per heavy atom. The van der Waals surface area contributed by atoms with Gasteiger partial charge in [-0.3, -0.25) is 0 Å². The highest BCUT2D eigenvalue weighted by molar-refractivity contribution is 6.31. The summed E-state index contributed by atoms with van der Waals surface area (Å²) in [5, 5.41) is 4.33. The average Bonchev–Trinajstić information content (AvgIpc) is 2.32. The number of hydrogen-bond donors (Lipinski definition) is 1. The number of rotatable bonds is 0. The molecule has 2 aliphatic rings. The lowest BCUT2D eigenvalue weighted by Crippen LogP contribution is -2.49. The van der Waals surface area contributed by atoms with E-state index in [1.54, 1.807) is 0 Å². The van der Waals surface area contributed by atoms with Gasteiger partial charge in [0.2, 0.25) is 0 Å². The number of morpholine rings is 1. The fraction of sp³-hybridized carbons (Fsp3) is 0.538. The molecule has 1 aliphatic carbocycles. The van der Waals surface area contributed by atoms with E-state index in [4.69, 9.17) is 16.3 Å². The molecule has 2 nitrogen and oxygen atoms in total. The topological polar surface area (TPSA) is 21.3 Å². The van der Waals surface area contributed by atoms with Crippen LogP contribution in [0.5, 0.6) is 0 Å². The van der Waals surface area contributed by atoms with Gasteiger partial charge in [-0.15, -0.1) is 0 Å². The summed E-state index contributed by atoms with van der Waals surface area (Å²) in [6.07, 6.45) is 3.35. The number of ether oxygens (including phenoxy) is 1. The van der Waals surface area contributed by atoms with Crippen molar-refractivity contribution in [2.24, 2.45) is 0 Å². The number of halogens is 1. The fourth-order valence-corrected chi connectivity index (χ4v) is 3.19. The second-order valence-electron chi connectivity index (χ2n) is 4.64. The van der Waals surface area contributed by atoms with Gasteiger partial charge in [-0.05, 0) is 36.5 Å². The molecule has 0 amide bonds. The number of nitrogens with one attached hydrogen (secondary N) is 1. The van der Waals surface area contributed by atoms with Gasteiger partial charge >= 0.3 is 0 Å². The molecule has 16 heavy (non-hydrogen) atoms. The van der Waals surface area contributed by atoms with Gasteiger partial charge in [0.1, 0.15) is 5.60 Å². The van der Waals surface area contributed by atoms with Gasteiger partial charge in [-0.1, -0.05) is 23.7 Å². The van der Waals surface area contributed by atoms with Gasteiger partial charge in [-0.25, -0.2) is 0 Å². The highest BCUT2D eigenvalue weighted by Crippen LogP contribution is 2.41. The summed E-state index contributed by atoms with van der Waals surface area (Å²) < 4.78 is 6.07. The zero-order valence-corrected chi connectivity index (χ0v) is 10.0. The standard InChI is InChI=1S/C13H16ClNO/c14-12-5-1-4-11-10(12)3-2-6-13(11)9-15-7-8-16-13/h1,4-5,15H,2-3,6-9H2. The van der Waals surface area contributed by atoms with Crippen molar-refractivity contribution < 1.29 is 4.74 Å². The molecule has 0 aromatic heterocycles. The van der Waals surface area contributed by atoms with Gasteiger partial charge in [0.05, 0.1) is 6.61 Å². The summed E-state index contributed by atoms with van der Waals surface area (Å²) in [6, 6.07) is 6.19. The minimum Gasteiger partial charge on any atom is -0.368 e. The monoisotopic (exact) mass is 237 g/mol. The minimum absolute atomic E-state index is 0.114. The summed E-state index contributed by atoms with van der Waals surface area (Å²) in [4.78, 5) is 0. The molecule has 86 valence electrons.